The van der Waals surface area contributed by atoms with Crippen molar-refractivity contribution in [3.63, 3.8) is 0 Å². The van der Waals surface area contributed by atoms with E-state index in [0.29, 0.717) is 13.0 Å². The zero-order valence-electron chi connectivity index (χ0n) is 15.1. The predicted molar refractivity (Wildman–Crippen MR) is 98.5 cm³/mol. The molecule has 1 aliphatic rings. The second kappa shape index (κ2) is 7.55. The van der Waals surface area contributed by atoms with E-state index >= 15 is 0 Å². The van der Waals surface area contributed by atoms with Gasteiger partial charge in [-0.1, -0.05) is 6.92 Å². The number of carbonyl (C=O) groups is 1. The van der Waals surface area contributed by atoms with Gasteiger partial charge < -0.3 is 19.9 Å². The summed E-state index contributed by atoms with van der Waals surface area (Å²) in [5.74, 6) is 0.955. The standard InChI is InChI=1S/C18H26N6O/c1-4-17(25)24-8-6-14(11-24)22-18(19-3)20-10-15-12-23-7-5-13(2)9-16(23)21-15/h5,7,9,12,14H,4,6,8,10-11H2,1-3H3,(H2,19,20,22). The Morgan fingerprint density at radius 2 is 2.32 bits per heavy atom. The Labute approximate surface area is 148 Å². The molecule has 1 unspecified atom stereocenters. The summed E-state index contributed by atoms with van der Waals surface area (Å²) in [6.45, 7) is 6.12. The highest BCUT2D eigenvalue weighted by Gasteiger charge is 2.25. The first-order valence-electron chi connectivity index (χ1n) is 8.78. The summed E-state index contributed by atoms with van der Waals surface area (Å²) in [5, 5.41) is 6.70. The van der Waals surface area contributed by atoms with E-state index in [1.165, 1.54) is 5.56 Å². The third kappa shape index (κ3) is 4.10. The van der Waals surface area contributed by atoms with Crippen molar-refractivity contribution >= 4 is 17.5 Å². The van der Waals surface area contributed by atoms with Crippen molar-refractivity contribution in [3.05, 3.63) is 35.8 Å². The lowest BCUT2D eigenvalue weighted by atomic mass is 10.3. The maximum atomic E-state index is 11.8. The monoisotopic (exact) mass is 342 g/mol. The molecular formula is C18H26N6O. The highest BCUT2D eigenvalue weighted by Crippen LogP contribution is 2.11. The molecule has 0 radical (unpaired) electrons. The quantitative estimate of drug-likeness (QED) is 0.649. The minimum Gasteiger partial charge on any atom is -0.352 e. The summed E-state index contributed by atoms with van der Waals surface area (Å²) >= 11 is 0. The molecule has 0 aliphatic carbocycles. The van der Waals surface area contributed by atoms with Crippen LogP contribution in [0.1, 0.15) is 31.0 Å². The molecule has 2 aromatic rings. The zero-order chi connectivity index (χ0) is 17.8. The third-order valence-electron chi connectivity index (χ3n) is 4.51. The second-order valence-electron chi connectivity index (χ2n) is 6.45. The van der Waals surface area contributed by atoms with Crippen LogP contribution in [0.3, 0.4) is 0 Å². The number of amides is 1. The number of likely N-dealkylation sites (tertiary alicyclic amines) is 1. The fourth-order valence-corrected chi connectivity index (χ4v) is 3.11. The van der Waals surface area contributed by atoms with Gasteiger partial charge in [-0.05, 0) is 31.0 Å². The number of guanidine groups is 1. The smallest absolute Gasteiger partial charge is 0.222 e. The summed E-state index contributed by atoms with van der Waals surface area (Å²) in [5.41, 5.74) is 3.11. The largest absolute Gasteiger partial charge is 0.352 e. The molecule has 0 spiro atoms. The molecule has 0 aromatic carbocycles. The van der Waals surface area contributed by atoms with E-state index in [1.54, 1.807) is 7.05 Å². The number of hydrogen-bond acceptors (Lipinski definition) is 3. The van der Waals surface area contributed by atoms with Gasteiger partial charge in [0.05, 0.1) is 12.2 Å². The van der Waals surface area contributed by atoms with Gasteiger partial charge in [0.1, 0.15) is 5.65 Å². The summed E-state index contributed by atoms with van der Waals surface area (Å²) in [6.07, 6.45) is 5.55. The Bertz CT molecular complexity index is 781. The lowest BCUT2D eigenvalue weighted by Crippen LogP contribution is -2.44. The van der Waals surface area contributed by atoms with Gasteiger partial charge >= 0.3 is 0 Å². The van der Waals surface area contributed by atoms with Crippen molar-refractivity contribution in [3.8, 4) is 0 Å². The number of aromatic nitrogens is 2. The highest BCUT2D eigenvalue weighted by atomic mass is 16.2. The SMILES string of the molecule is CCC(=O)N1CCC(NC(=NC)NCc2cn3ccc(C)cc3n2)C1. The van der Waals surface area contributed by atoms with Crippen LogP contribution in [0.5, 0.6) is 0 Å². The highest BCUT2D eigenvalue weighted by molar-refractivity contribution is 5.80. The number of nitrogens with one attached hydrogen (secondary N) is 2. The van der Waals surface area contributed by atoms with Crippen molar-refractivity contribution in [2.75, 3.05) is 20.1 Å². The van der Waals surface area contributed by atoms with Crippen LogP contribution in [0.15, 0.2) is 29.5 Å². The van der Waals surface area contributed by atoms with Crippen molar-refractivity contribution < 1.29 is 4.79 Å². The van der Waals surface area contributed by atoms with E-state index in [9.17, 15) is 4.79 Å². The van der Waals surface area contributed by atoms with Gasteiger partial charge in [0.15, 0.2) is 5.96 Å². The first kappa shape index (κ1) is 17.3. The Balaban J connectivity index is 1.55. The molecule has 25 heavy (non-hydrogen) atoms. The molecule has 7 heteroatoms. The number of imidazole rings is 1. The van der Waals surface area contributed by atoms with E-state index in [1.807, 2.05) is 28.6 Å². The fourth-order valence-electron chi connectivity index (χ4n) is 3.11. The van der Waals surface area contributed by atoms with E-state index < -0.39 is 0 Å². The number of rotatable bonds is 4. The molecule has 3 heterocycles. The summed E-state index contributed by atoms with van der Waals surface area (Å²) in [6, 6.07) is 4.37. The number of nitrogens with zero attached hydrogens (tertiary/aromatic N) is 4. The molecule has 0 bridgehead atoms. The minimum atomic E-state index is 0.215. The topological polar surface area (TPSA) is 74.0 Å². The Kier molecular flexibility index (Phi) is 5.21. The van der Waals surface area contributed by atoms with E-state index in [2.05, 4.69) is 39.7 Å². The van der Waals surface area contributed by atoms with Gasteiger partial charge in [0.2, 0.25) is 5.91 Å². The lowest BCUT2D eigenvalue weighted by molar-refractivity contribution is -0.129. The van der Waals surface area contributed by atoms with Crippen LogP contribution in [0, 0.1) is 6.92 Å². The van der Waals surface area contributed by atoms with Crippen LogP contribution in [0.2, 0.25) is 0 Å². The van der Waals surface area contributed by atoms with Crippen molar-refractivity contribution in [1.29, 1.82) is 0 Å². The Morgan fingerprint density at radius 3 is 3.08 bits per heavy atom. The molecule has 3 rings (SSSR count). The lowest BCUT2D eigenvalue weighted by Gasteiger charge is -2.18. The molecule has 7 nitrogen and oxygen atoms in total. The predicted octanol–water partition coefficient (Wildman–Crippen LogP) is 1.32. The van der Waals surface area contributed by atoms with Crippen LogP contribution in [0.4, 0.5) is 0 Å². The summed E-state index contributed by atoms with van der Waals surface area (Å²) in [7, 11) is 1.76. The van der Waals surface area contributed by atoms with Crippen LogP contribution in [-0.4, -0.2) is 52.3 Å². The van der Waals surface area contributed by atoms with E-state index in [-0.39, 0.29) is 11.9 Å². The van der Waals surface area contributed by atoms with Crippen LogP contribution >= 0.6 is 0 Å². The summed E-state index contributed by atoms with van der Waals surface area (Å²) in [4.78, 5) is 22.6. The van der Waals surface area contributed by atoms with Gasteiger partial charge in [-0.2, -0.15) is 0 Å². The fraction of sp³-hybridized carbons (Fsp3) is 0.500. The molecule has 2 aromatic heterocycles. The van der Waals surface area contributed by atoms with Crippen molar-refractivity contribution in [2.24, 2.45) is 4.99 Å². The maximum absolute atomic E-state index is 11.8. The molecule has 2 N–H and O–H groups in total. The Hall–Kier alpha value is -2.57. The van der Waals surface area contributed by atoms with Crippen molar-refractivity contribution in [1.82, 2.24) is 24.9 Å². The molecule has 1 amide bonds. The van der Waals surface area contributed by atoms with Crippen LogP contribution < -0.4 is 10.6 Å². The molecule has 1 aliphatic heterocycles. The molecule has 1 fully saturated rings. The molecule has 1 saturated heterocycles. The molecule has 1 atom stereocenters. The maximum Gasteiger partial charge on any atom is 0.222 e. The molecule has 134 valence electrons. The average molecular weight is 342 g/mol. The number of aliphatic imine (C=N–C) groups is 1. The van der Waals surface area contributed by atoms with Gasteiger partial charge in [-0.3, -0.25) is 9.79 Å². The first-order chi connectivity index (χ1) is 12.1. The first-order valence-corrected chi connectivity index (χ1v) is 8.78. The van der Waals surface area contributed by atoms with Crippen LogP contribution in [-0.2, 0) is 11.3 Å². The van der Waals surface area contributed by atoms with Crippen molar-refractivity contribution in [2.45, 2.75) is 39.3 Å². The Morgan fingerprint density at radius 1 is 1.48 bits per heavy atom. The number of carbonyl (C=O) groups excluding carboxylic acids is 1. The molecular weight excluding hydrogens is 316 g/mol. The number of hydrogen-bond donors (Lipinski definition) is 2. The van der Waals surface area contributed by atoms with Gasteiger partial charge in [-0.25, -0.2) is 4.98 Å². The minimum absolute atomic E-state index is 0.215. The van der Waals surface area contributed by atoms with Gasteiger partial charge in [0.25, 0.3) is 0 Å². The van der Waals surface area contributed by atoms with Gasteiger partial charge in [0, 0.05) is 45.0 Å². The summed E-state index contributed by atoms with van der Waals surface area (Å²) < 4.78 is 2.02. The number of aryl methyl sites for hydroxylation is 1. The second-order valence-corrected chi connectivity index (χ2v) is 6.45. The van der Waals surface area contributed by atoms with Crippen LogP contribution in [0.25, 0.3) is 5.65 Å². The molecule has 0 saturated carbocycles. The normalized spacial score (nSPS) is 18.0. The van der Waals surface area contributed by atoms with E-state index in [4.69, 9.17) is 0 Å². The van der Waals surface area contributed by atoms with E-state index in [0.717, 1.165) is 36.8 Å². The number of fused-ring (bicyclic) bond motifs is 1. The average Bonchev–Trinajstić information content (AvgIpc) is 3.23. The zero-order valence-corrected chi connectivity index (χ0v) is 15.1. The third-order valence-corrected chi connectivity index (χ3v) is 4.51. The number of pyridine rings is 1. The van der Waals surface area contributed by atoms with Gasteiger partial charge in [-0.15, -0.1) is 0 Å².